The lowest BCUT2D eigenvalue weighted by atomic mass is 10.0. The van der Waals surface area contributed by atoms with Gasteiger partial charge in [0.05, 0.1) is 5.69 Å². The zero-order valence-corrected chi connectivity index (χ0v) is 10.8. The minimum absolute atomic E-state index is 0.185. The van der Waals surface area contributed by atoms with E-state index in [9.17, 15) is 4.79 Å². The molecule has 0 spiro atoms. The summed E-state index contributed by atoms with van der Waals surface area (Å²) >= 11 is 0. The van der Waals surface area contributed by atoms with Crippen molar-refractivity contribution in [3.05, 3.63) is 11.8 Å². The van der Waals surface area contributed by atoms with E-state index < -0.39 is 0 Å². The number of rotatable bonds is 2. The Balaban J connectivity index is 1.80. The highest BCUT2D eigenvalue weighted by atomic mass is 16.5. The van der Waals surface area contributed by atoms with Gasteiger partial charge in [0, 0.05) is 39.3 Å². The Bertz CT molecular complexity index is 449. The number of aryl methyl sites for hydroxylation is 1. The Morgan fingerprint density at radius 3 is 3.22 bits per heavy atom. The van der Waals surface area contributed by atoms with Crippen molar-refractivity contribution in [2.45, 2.75) is 32.2 Å². The Morgan fingerprint density at radius 1 is 1.56 bits per heavy atom. The highest BCUT2D eigenvalue weighted by Gasteiger charge is 2.23. The molecule has 1 atom stereocenters. The van der Waals surface area contributed by atoms with Crippen molar-refractivity contribution in [1.82, 2.24) is 9.78 Å². The van der Waals surface area contributed by atoms with Crippen LogP contribution in [0.2, 0.25) is 0 Å². The Labute approximate surface area is 107 Å². The second-order valence-electron chi connectivity index (χ2n) is 5.21. The number of anilines is 1. The van der Waals surface area contributed by atoms with Crippen molar-refractivity contribution in [3.63, 3.8) is 0 Å². The van der Waals surface area contributed by atoms with Gasteiger partial charge in [-0.25, -0.2) is 4.68 Å². The maximum absolute atomic E-state index is 11.8. The maximum atomic E-state index is 11.8. The second kappa shape index (κ2) is 4.72. The fourth-order valence-corrected chi connectivity index (χ4v) is 2.71. The third kappa shape index (κ3) is 2.14. The zero-order valence-electron chi connectivity index (χ0n) is 10.8. The summed E-state index contributed by atoms with van der Waals surface area (Å²) in [6.07, 6.45) is 3.58. The standard InChI is InChI=1S/C13H19N3O2/c1-15-12-8-11(7-10-4-6-18-9-10)14-16(12)5-2-3-13(15)17/h8,10H,2-7,9H2,1H3. The SMILES string of the molecule is CN1C(=O)CCCn2nc(CC3CCOC3)cc21. The lowest BCUT2D eigenvalue weighted by Crippen LogP contribution is -2.25. The summed E-state index contributed by atoms with van der Waals surface area (Å²) in [7, 11) is 1.84. The van der Waals surface area contributed by atoms with E-state index >= 15 is 0 Å². The van der Waals surface area contributed by atoms with Crippen molar-refractivity contribution in [2.75, 3.05) is 25.2 Å². The van der Waals surface area contributed by atoms with Gasteiger partial charge in [-0.05, 0) is 25.2 Å². The minimum Gasteiger partial charge on any atom is -0.381 e. The van der Waals surface area contributed by atoms with E-state index in [0.717, 1.165) is 50.5 Å². The molecule has 0 N–H and O–H groups in total. The molecule has 5 heteroatoms. The van der Waals surface area contributed by atoms with Crippen LogP contribution in [0.15, 0.2) is 6.07 Å². The van der Waals surface area contributed by atoms with Crippen molar-refractivity contribution in [3.8, 4) is 0 Å². The van der Waals surface area contributed by atoms with Crippen LogP contribution < -0.4 is 4.90 Å². The summed E-state index contributed by atoms with van der Waals surface area (Å²) in [5.41, 5.74) is 1.09. The van der Waals surface area contributed by atoms with Crippen LogP contribution in [-0.4, -0.2) is 35.9 Å². The molecule has 0 bridgehead atoms. The fraction of sp³-hybridized carbons (Fsp3) is 0.692. The number of carbonyl (C=O) groups excluding carboxylic acids is 1. The molecule has 98 valence electrons. The Kier molecular flexibility index (Phi) is 3.07. The predicted octanol–water partition coefficient (Wildman–Crippen LogP) is 1.22. The van der Waals surface area contributed by atoms with Crippen molar-refractivity contribution in [1.29, 1.82) is 0 Å². The molecule has 1 unspecified atom stereocenters. The van der Waals surface area contributed by atoms with Crippen LogP contribution >= 0.6 is 0 Å². The van der Waals surface area contributed by atoms with Gasteiger partial charge in [0.1, 0.15) is 5.82 Å². The lowest BCUT2D eigenvalue weighted by molar-refractivity contribution is -0.118. The molecule has 3 rings (SSSR count). The predicted molar refractivity (Wildman–Crippen MR) is 67.5 cm³/mol. The third-order valence-electron chi connectivity index (χ3n) is 3.81. The van der Waals surface area contributed by atoms with E-state index in [1.165, 1.54) is 0 Å². The number of hydrogen-bond acceptors (Lipinski definition) is 3. The lowest BCUT2D eigenvalue weighted by Gasteiger charge is -2.13. The molecule has 1 saturated heterocycles. The van der Waals surface area contributed by atoms with Gasteiger partial charge in [-0.3, -0.25) is 4.79 Å². The summed E-state index contributed by atoms with van der Waals surface area (Å²) in [5.74, 6) is 1.71. The average molecular weight is 249 g/mol. The summed E-state index contributed by atoms with van der Waals surface area (Å²) in [6, 6.07) is 2.06. The quantitative estimate of drug-likeness (QED) is 0.791. The minimum atomic E-state index is 0.185. The fourth-order valence-electron chi connectivity index (χ4n) is 2.71. The maximum Gasteiger partial charge on any atom is 0.227 e. The van der Waals surface area contributed by atoms with Gasteiger partial charge in [-0.2, -0.15) is 5.10 Å². The largest absolute Gasteiger partial charge is 0.381 e. The monoisotopic (exact) mass is 249 g/mol. The second-order valence-corrected chi connectivity index (χ2v) is 5.21. The van der Waals surface area contributed by atoms with Gasteiger partial charge < -0.3 is 9.64 Å². The van der Waals surface area contributed by atoms with Gasteiger partial charge in [-0.1, -0.05) is 0 Å². The highest BCUT2D eigenvalue weighted by molar-refractivity contribution is 5.92. The first kappa shape index (κ1) is 11.7. The summed E-state index contributed by atoms with van der Waals surface area (Å²) in [5, 5.41) is 4.63. The molecule has 2 aliphatic heterocycles. The van der Waals surface area contributed by atoms with E-state index in [0.29, 0.717) is 12.3 Å². The molecule has 1 aromatic rings. The molecule has 18 heavy (non-hydrogen) atoms. The number of amides is 1. The van der Waals surface area contributed by atoms with Crippen LogP contribution in [0.25, 0.3) is 0 Å². The Morgan fingerprint density at radius 2 is 2.44 bits per heavy atom. The molecule has 0 saturated carbocycles. The Hall–Kier alpha value is -1.36. The van der Waals surface area contributed by atoms with Crippen LogP contribution in [0.3, 0.4) is 0 Å². The molecule has 1 amide bonds. The molecule has 0 aromatic carbocycles. The third-order valence-corrected chi connectivity index (χ3v) is 3.81. The van der Waals surface area contributed by atoms with E-state index in [2.05, 4.69) is 11.2 Å². The molecule has 5 nitrogen and oxygen atoms in total. The molecular formula is C13H19N3O2. The van der Waals surface area contributed by atoms with Crippen molar-refractivity contribution in [2.24, 2.45) is 5.92 Å². The van der Waals surface area contributed by atoms with Gasteiger partial charge in [0.15, 0.2) is 0 Å². The van der Waals surface area contributed by atoms with Gasteiger partial charge in [0.2, 0.25) is 5.91 Å². The van der Waals surface area contributed by atoms with Gasteiger partial charge >= 0.3 is 0 Å². The van der Waals surface area contributed by atoms with E-state index in [1.807, 2.05) is 11.7 Å². The van der Waals surface area contributed by atoms with Gasteiger partial charge in [0.25, 0.3) is 0 Å². The van der Waals surface area contributed by atoms with E-state index in [-0.39, 0.29) is 5.91 Å². The molecular weight excluding hydrogens is 230 g/mol. The molecule has 1 aromatic heterocycles. The summed E-state index contributed by atoms with van der Waals surface area (Å²) in [4.78, 5) is 13.5. The summed E-state index contributed by atoms with van der Waals surface area (Å²) in [6.45, 7) is 2.56. The highest BCUT2D eigenvalue weighted by Crippen LogP contribution is 2.24. The van der Waals surface area contributed by atoms with Crippen LogP contribution in [0.4, 0.5) is 5.82 Å². The number of hydrogen-bond donors (Lipinski definition) is 0. The number of nitrogens with zero attached hydrogens (tertiary/aromatic N) is 3. The first-order valence-corrected chi connectivity index (χ1v) is 6.65. The van der Waals surface area contributed by atoms with Crippen molar-refractivity contribution >= 4 is 11.7 Å². The first-order valence-electron chi connectivity index (χ1n) is 6.65. The molecule has 0 radical (unpaired) electrons. The molecule has 1 fully saturated rings. The first-order chi connectivity index (χ1) is 8.74. The van der Waals surface area contributed by atoms with Crippen LogP contribution in [0.5, 0.6) is 0 Å². The molecule has 0 aliphatic carbocycles. The van der Waals surface area contributed by atoms with Crippen LogP contribution in [0.1, 0.15) is 25.0 Å². The van der Waals surface area contributed by atoms with E-state index in [1.54, 1.807) is 4.90 Å². The average Bonchev–Trinajstić information content (AvgIpc) is 2.96. The summed E-state index contributed by atoms with van der Waals surface area (Å²) < 4.78 is 7.36. The van der Waals surface area contributed by atoms with Gasteiger partial charge in [-0.15, -0.1) is 0 Å². The molecule has 3 heterocycles. The zero-order chi connectivity index (χ0) is 12.5. The topological polar surface area (TPSA) is 47.4 Å². The van der Waals surface area contributed by atoms with Crippen LogP contribution in [0, 0.1) is 5.92 Å². The number of ether oxygens (including phenoxy) is 1. The van der Waals surface area contributed by atoms with Crippen LogP contribution in [-0.2, 0) is 22.5 Å². The smallest absolute Gasteiger partial charge is 0.227 e. The number of fused-ring (bicyclic) bond motifs is 1. The normalized spacial score (nSPS) is 24.2. The molecule has 2 aliphatic rings. The van der Waals surface area contributed by atoms with E-state index in [4.69, 9.17) is 4.74 Å². The number of aromatic nitrogens is 2. The number of carbonyl (C=O) groups is 1. The van der Waals surface area contributed by atoms with Crippen molar-refractivity contribution < 1.29 is 9.53 Å².